The van der Waals surface area contributed by atoms with Crippen LogP contribution in [-0.2, 0) is 4.74 Å². The number of aliphatic hydroxyl groups is 4. The van der Waals surface area contributed by atoms with E-state index in [2.05, 4.69) is 5.32 Å². The molecule has 16 heteroatoms. The van der Waals surface area contributed by atoms with Crippen molar-refractivity contribution in [1.29, 1.82) is 0 Å². The summed E-state index contributed by atoms with van der Waals surface area (Å²) in [5, 5.41) is 75.3. The standard InChI is InChI=1S/C18H18N4O12/c23-7-13-15(24)16(25)17(18(26)34-13)33-10-3-1-8(2-4-10)19-14-11(21(29)30)5-9(20(27)28)6-12(14)22(31)32/h1-6,13,15-19,23-26H,7H2/t13-,15-,16+,17-,18+/m1/s1. The SMILES string of the molecule is O=[N+]([O-])c1cc([N+](=O)[O-])c(Nc2ccc(O[C@@H]3[C@@H](O)[C@H](O)[C@@H](CO)O[C@@H]3O)cc2)c([N+](=O)[O-])c1. The predicted octanol–water partition coefficient (Wildman–Crippen LogP) is 0.333. The number of anilines is 2. The maximum absolute atomic E-state index is 11.4. The zero-order valence-corrected chi connectivity index (χ0v) is 17.0. The fourth-order valence-electron chi connectivity index (χ4n) is 3.24. The zero-order valence-electron chi connectivity index (χ0n) is 17.0. The maximum atomic E-state index is 11.4. The average Bonchev–Trinajstić information content (AvgIpc) is 2.79. The third-order valence-corrected chi connectivity index (χ3v) is 4.92. The Labute approximate surface area is 189 Å². The topological polar surface area (TPSA) is 241 Å². The Morgan fingerprint density at radius 2 is 1.47 bits per heavy atom. The molecule has 5 atom stereocenters. The van der Waals surface area contributed by atoms with Gasteiger partial charge in [-0.25, -0.2) is 0 Å². The number of benzene rings is 2. The molecule has 3 rings (SSSR count). The van der Waals surface area contributed by atoms with Gasteiger partial charge in [-0.3, -0.25) is 30.3 Å². The molecule has 1 saturated heterocycles. The molecular weight excluding hydrogens is 464 g/mol. The molecular formula is C18H18N4O12. The van der Waals surface area contributed by atoms with Crippen LogP contribution in [0.2, 0.25) is 0 Å². The van der Waals surface area contributed by atoms with Crippen LogP contribution in [0.5, 0.6) is 5.75 Å². The first-order valence-corrected chi connectivity index (χ1v) is 9.49. The Bertz CT molecular complexity index is 1060. The van der Waals surface area contributed by atoms with Crippen molar-refractivity contribution in [3.63, 3.8) is 0 Å². The minimum absolute atomic E-state index is 0.0552. The monoisotopic (exact) mass is 482 g/mol. The summed E-state index contributed by atoms with van der Waals surface area (Å²) in [4.78, 5) is 30.7. The molecule has 0 aromatic heterocycles. The van der Waals surface area contributed by atoms with E-state index in [-0.39, 0.29) is 11.4 Å². The van der Waals surface area contributed by atoms with E-state index in [4.69, 9.17) is 14.6 Å². The van der Waals surface area contributed by atoms with Gasteiger partial charge >= 0.3 is 11.4 Å². The molecule has 34 heavy (non-hydrogen) atoms. The summed E-state index contributed by atoms with van der Waals surface area (Å²) in [6.07, 6.45) is -7.47. The van der Waals surface area contributed by atoms with Crippen LogP contribution in [0.15, 0.2) is 36.4 Å². The number of hydrogen-bond donors (Lipinski definition) is 5. The fourth-order valence-corrected chi connectivity index (χ4v) is 3.24. The van der Waals surface area contributed by atoms with Crippen LogP contribution in [0.4, 0.5) is 28.4 Å². The number of hydrogen-bond acceptors (Lipinski definition) is 13. The van der Waals surface area contributed by atoms with Gasteiger partial charge < -0.3 is 35.2 Å². The lowest BCUT2D eigenvalue weighted by molar-refractivity contribution is -0.401. The molecule has 0 amide bonds. The lowest BCUT2D eigenvalue weighted by Gasteiger charge is -2.39. The molecule has 0 bridgehead atoms. The number of non-ortho nitro benzene ring substituents is 1. The van der Waals surface area contributed by atoms with E-state index in [1.807, 2.05) is 0 Å². The molecule has 2 aromatic carbocycles. The lowest BCUT2D eigenvalue weighted by atomic mass is 9.99. The van der Waals surface area contributed by atoms with Gasteiger partial charge in [0.25, 0.3) is 5.69 Å². The molecule has 0 aliphatic carbocycles. The van der Waals surface area contributed by atoms with Gasteiger partial charge in [0, 0.05) is 5.69 Å². The highest BCUT2D eigenvalue weighted by Gasteiger charge is 2.45. The summed E-state index contributed by atoms with van der Waals surface area (Å²) >= 11 is 0. The smallest absolute Gasteiger partial charge is 0.306 e. The second-order valence-corrected chi connectivity index (χ2v) is 7.09. The largest absolute Gasteiger partial charge is 0.482 e. The van der Waals surface area contributed by atoms with Crippen LogP contribution in [0.1, 0.15) is 0 Å². The van der Waals surface area contributed by atoms with Crippen LogP contribution in [0.25, 0.3) is 0 Å². The first-order valence-electron chi connectivity index (χ1n) is 9.49. The minimum atomic E-state index is -1.68. The summed E-state index contributed by atoms with van der Waals surface area (Å²) in [5.41, 5.74) is -3.09. The Morgan fingerprint density at radius 3 is 1.94 bits per heavy atom. The molecule has 1 aliphatic rings. The van der Waals surface area contributed by atoms with E-state index in [0.29, 0.717) is 12.1 Å². The van der Waals surface area contributed by atoms with E-state index >= 15 is 0 Å². The number of nitro benzene ring substituents is 3. The molecule has 0 radical (unpaired) electrons. The van der Waals surface area contributed by atoms with Crippen molar-refractivity contribution < 1.29 is 44.7 Å². The zero-order chi connectivity index (χ0) is 25.2. The van der Waals surface area contributed by atoms with Crippen LogP contribution in [-0.4, -0.2) is 72.5 Å². The van der Waals surface area contributed by atoms with Crippen molar-refractivity contribution in [2.45, 2.75) is 30.7 Å². The van der Waals surface area contributed by atoms with Crippen LogP contribution in [0.3, 0.4) is 0 Å². The molecule has 182 valence electrons. The highest BCUT2D eigenvalue weighted by Crippen LogP contribution is 2.40. The molecule has 0 spiro atoms. The Hall–Kier alpha value is -3.96. The third kappa shape index (κ3) is 5.00. The second kappa shape index (κ2) is 9.89. The Balaban J connectivity index is 1.84. The first-order chi connectivity index (χ1) is 16.0. The van der Waals surface area contributed by atoms with Gasteiger partial charge in [0.05, 0.1) is 33.5 Å². The van der Waals surface area contributed by atoms with Crippen LogP contribution < -0.4 is 10.1 Å². The molecule has 0 unspecified atom stereocenters. The molecule has 0 saturated carbocycles. The van der Waals surface area contributed by atoms with Gasteiger partial charge in [0.2, 0.25) is 0 Å². The summed E-state index contributed by atoms with van der Waals surface area (Å²) in [5.74, 6) is 0.0552. The van der Waals surface area contributed by atoms with E-state index in [9.17, 15) is 45.7 Å². The average molecular weight is 482 g/mol. The van der Waals surface area contributed by atoms with Gasteiger partial charge in [-0.1, -0.05) is 0 Å². The lowest BCUT2D eigenvalue weighted by Crippen LogP contribution is -2.60. The van der Waals surface area contributed by atoms with E-state index in [0.717, 1.165) is 0 Å². The molecule has 2 aromatic rings. The van der Waals surface area contributed by atoms with Crippen LogP contribution >= 0.6 is 0 Å². The number of nitro groups is 3. The van der Waals surface area contributed by atoms with Gasteiger partial charge in [-0.05, 0) is 24.3 Å². The van der Waals surface area contributed by atoms with E-state index in [1.165, 1.54) is 24.3 Å². The van der Waals surface area contributed by atoms with Crippen molar-refractivity contribution in [2.24, 2.45) is 0 Å². The minimum Gasteiger partial charge on any atom is -0.482 e. The van der Waals surface area contributed by atoms with Crippen molar-refractivity contribution in [3.05, 3.63) is 66.7 Å². The fraction of sp³-hybridized carbons (Fsp3) is 0.333. The summed E-state index contributed by atoms with van der Waals surface area (Å²) in [7, 11) is 0. The molecule has 1 fully saturated rings. The van der Waals surface area contributed by atoms with E-state index in [1.54, 1.807) is 0 Å². The maximum Gasteiger partial charge on any atom is 0.306 e. The first kappa shape index (κ1) is 24.7. The van der Waals surface area contributed by atoms with Crippen LogP contribution in [0, 0.1) is 30.3 Å². The molecule has 1 aliphatic heterocycles. The van der Waals surface area contributed by atoms with Crippen molar-refractivity contribution >= 4 is 28.4 Å². The molecule has 5 N–H and O–H groups in total. The Morgan fingerprint density at radius 1 is 0.912 bits per heavy atom. The molecule has 16 nitrogen and oxygen atoms in total. The highest BCUT2D eigenvalue weighted by molar-refractivity contribution is 5.81. The number of nitrogens with zero attached hydrogens (tertiary/aromatic N) is 3. The van der Waals surface area contributed by atoms with Gasteiger partial charge in [0.1, 0.15) is 24.1 Å². The number of ether oxygens (including phenoxy) is 2. The Kier molecular flexibility index (Phi) is 7.18. The number of rotatable bonds is 8. The summed E-state index contributed by atoms with van der Waals surface area (Å²) < 4.78 is 10.4. The highest BCUT2D eigenvalue weighted by atomic mass is 16.7. The second-order valence-electron chi connectivity index (χ2n) is 7.09. The predicted molar refractivity (Wildman–Crippen MR) is 111 cm³/mol. The van der Waals surface area contributed by atoms with Gasteiger partial charge in [0.15, 0.2) is 18.1 Å². The van der Waals surface area contributed by atoms with Gasteiger partial charge in [-0.15, -0.1) is 0 Å². The number of nitrogens with one attached hydrogen (secondary N) is 1. The van der Waals surface area contributed by atoms with E-state index < -0.39 is 74.8 Å². The summed E-state index contributed by atoms with van der Waals surface area (Å²) in [6.45, 7) is -0.650. The van der Waals surface area contributed by atoms with Crippen molar-refractivity contribution in [2.75, 3.05) is 11.9 Å². The third-order valence-electron chi connectivity index (χ3n) is 4.92. The number of aliphatic hydroxyl groups excluding tert-OH is 4. The molecule has 1 heterocycles. The van der Waals surface area contributed by atoms with Crippen molar-refractivity contribution in [1.82, 2.24) is 0 Å². The normalized spacial score (nSPS) is 24.3. The quantitative estimate of drug-likeness (QED) is 0.252. The summed E-state index contributed by atoms with van der Waals surface area (Å²) in [6, 6.07) is 6.33. The van der Waals surface area contributed by atoms with Gasteiger partial charge in [-0.2, -0.15) is 0 Å². The van der Waals surface area contributed by atoms with Crippen molar-refractivity contribution in [3.8, 4) is 5.75 Å².